The molecule has 0 radical (unpaired) electrons. The van der Waals surface area contributed by atoms with Crippen LogP contribution >= 0.6 is 11.6 Å². The predicted octanol–water partition coefficient (Wildman–Crippen LogP) is 5.27. The van der Waals surface area contributed by atoms with Crippen LogP contribution in [-0.2, 0) is 6.54 Å². The molecule has 1 heterocycles. The van der Waals surface area contributed by atoms with Crippen molar-refractivity contribution in [2.45, 2.75) is 27.3 Å². The van der Waals surface area contributed by atoms with E-state index in [0.717, 1.165) is 11.1 Å². The topological polar surface area (TPSA) is 46.3 Å². The summed E-state index contributed by atoms with van der Waals surface area (Å²) in [7, 11) is 0. The lowest BCUT2D eigenvalue weighted by Crippen LogP contribution is -2.30. The molecule has 134 valence electrons. The zero-order chi connectivity index (χ0) is 18.7. The van der Waals surface area contributed by atoms with E-state index in [1.165, 1.54) is 5.56 Å². The fourth-order valence-electron chi connectivity index (χ4n) is 2.93. The number of amides is 1. The molecule has 0 spiro atoms. The fourth-order valence-corrected chi connectivity index (χ4v) is 3.15. The van der Waals surface area contributed by atoms with E-state index in [9.17, 15) is 4.79 Å². The number of rotatable bonds is 5. The molecule has 0 aliphatic carbocycles. The zero-order valence-corrected chi connectivity index (χ0v) is 15.9. The van der Waals surface area contributed by atoms with E-state index in [4.69, 9.17) is 16.1 Å². The maximum absolute atomic E-state index is 12.8. The molecule has 0 unspecified atom stereocenters. The van der Waals surface area contributed by atoms with Crippen LogP contribution in [-0.4, -0.2) is 22.5 Å². The van der Waals surface area contributed by atoms with Gasteiger partial charge in [-0.3, -0.25) is 4.79 Å². The molecular weight excluding hydrogens is 348 g/mol. The summed E-state index contributed by atoms with van der Waals surface area (Å²) >= 11 is 6.16. The quantitative estimate of drug-likeness (QED) is 0.616. The fraction of sp³-hybridized carbons (Fsp3) is 0.238. The molecule has 3 aromatic rings. The van der Waals surface area contributed by atoms with Crippen molar-refractivity contribution in [3.63, 3.8) is 0 Å². The number of aromatic nitrogens is 1. The first-order chi connectivity index (χ1) is 12.5. The van der Waals surface area contributed by atoms with Gasteiger partial charge in [0.25, 0.3) is 5.91 Å². The first-order valence-corrected chi connectivity index (χ1v) is 8.94. The molecule has 0 bridgehead atoms. The minimum absolute atomic E-state index is 0.117. The molecule has 0 saturated heterocycles. The molecule has 0 atom stereocenters. The van der Waals surface area contributed by atoms with Gasteiger partial charge in [0.2, 0.25) is 0 Å². The maximum atomic E-state index is 12.8. The Labute approximate surface area is 158 Å². The van der Waals surface area contributed by atoms with Crippen molar-refractivity contribution < 1.29 is 9.32 Å². The van der Waals surface area contributed by atoms with Gasteiger partial charge in [-0.15, -0.1) is 0 Å². The minimum atomic E-state index is -0.117. The van der Waals surface area contributed by atoms with Gasteiger partial charge < -0.3 is 9.42 Å². The highest BCUT2D eigenvalue weighted by atomic mass is 35.5. The third kappa shape index (κ3) is 3.81. The number of nitrogens with zero attached hydrogens (tertiary/aromatic N) is 2. The van der Waals surface area contributed by atoms with Gasteiger partial charge in [-0.25, -0.2) is 0 Å². The van der Waals surface area contributed by atoms with Crippen LogP contribution in [0, 0.1) is 13.8 Å². The van der Waals surface area contributed by atoms with Gasteiger partial charge in [0.05, 0.1) is 17.1 Å². The summed E-state index contributed by atoms with van der Waals surface area (Å²) in [5.41, 5.74) is 4.55. The first-order valence-electron chi connectivity index (χ1n) is 8.56. The van der Waals surface area contributed by atoms with Gasteiger partial charge in [-0.1, -0.05) is 52.7 Å². The summed E-state index contributed by atoms with van der Waals surface area (Å²) in [5, 5.41) is 4.59. The lowest BCUT2D eigenvalue weighted by atomic mass is 10.0. The standard InChI is InChI=1S/C21H21ClN2O2/c1-4-24(21(25)18-7-5-6-8-19(18)22)13-16-12-20(26-23-16)17-10-9-14(2)11-15(17)3/h5-12H,4,13H2,1-3H3. The van der Waals surface area contributed by atoms with Gasteiger partial charge in [-0.2, -0.15) is 0 Å². The Hall–Kier alpha value is -2.59. The summed E-state index contributed by atoms with van der Waals surface area (Å²) in [6, 6.07) is 15.1. The molecular formula is C21H21ClN2O2. The van der Waals surface area contributed by atoms with Gasteiger partial charge in [0.15, 0.2) is 5.76 Å². The average molecular weight is 369 g/mol. The van der Waals surface area contributed by atoms with Crippen LogP contribution in [0.2, 0.25) is 5.02 Å². The second kappa shape index (κ2) is 7.75. The molecule has 0 saturated carbocycles. The molecule has 4 nitrogen and oxygen atoms in total. The summed E-state index contributed by atoms with van der Waals surface area (Å²) in [5.74, 6) is 0.591. The second-order valence-electron chi connectivity index (χ2n) is 6.30. The molecule has 5 heteroatoms. The molecule has 2 aromatic carbocycles. The lowest BCUT2D eigenvalue weighted by molar-refractivity contribution is 0.0749. The van der Waals surface area contributed by atoms with Gasteiger partial charge in [0, 0.05) is 18.2 Å². The third-order valence-electron chi connectivity index (χ3n) is 4.33. The predicted molar refractivity (Wildman–Crippen MR) is 103 cm³/mol. The van der Waals surface area contributed by atoms with E-state index in [0.29, 0.717) is 35.1 Å². The Kier molecular flexibility index (Phi) is 5.43. The SMILES string of the molecule is CCN(Cc1cc(-c2ccc(C)cc2C)on1)C(=O)c1ccccc1Cl. The van der Waals surface area contributed by atoms with Crippen LogP contribution in [0.3, 0.4) is 0 Å². The largest absolute Gasteiger partial charge is 0.356 e. The van der Waals surface area contributed by atoms with Crippen LogP contribution in [0.5, 0.6) is 0 Å². The van der Waals surface area contributed by atoms with Crippen LogP contribution in [0.25, 0.3) is 11.3 Å². The Morgan fingerprint density at radius 1 is 1.15 bits per heavy atom. The van der Waals surface area contributed by atoms with E-state index in [2.05, 4.69) is 18.1 Å². The van der Waals surface area contributed by atoms with E-state index in [1.54, 1.807) is 23.1 Å². The van der Waals surface area contributed by atoms with E-state index in [1.807, 2.05) is 38.1 Å². The van der Waals surface area contributed by atoms with Gasteiger partial charge in [-0.05, 0) is 38.5 Å². The lowest BCUT2D eigenvalue weighted by Gasteiger charge is -2.20. The summed E-state index contributed by atoms with van der Waals surface area (Å²) in [6.45, 7) is 6.95. The van der Waals surface area contributed by atoms with Crippen LogP contribution in [0.1, 0.15) is 34.1 Å². The zero-order valence-electron chi connectivity index (χ0n) is 15.1. The normalized spacial score (nSPS) is 10.8. The number of benzene rings is 2. The van der Waals surface area contributed by atoms with Crippen LogP contribution in [0.15, 0.2) is 53.1 Å². The van der Waals surface area contributed by atoms with Crippen molar-refractivity contribution in [2.75, 3.05) is 6.54 Å². The Balaban J connectivity index is 1.81. The van der Waals surface area contributed by atoms with Gasteiger partial charge in [0.1, 0.15) is 5.69 Å². The molecule has 0 aliphatic rings. The highest BCUT2D eigenvalue weighted by Gasteiger charge is 2.19. The summed E-state index contributed by atoms with van der Waals surface area (Å²) in [4.78, 5) is 14.5. The number of hydrogen-bond donors (Lipinski definition) is 0. The maximum Gasteiger partial charge on any atom is 0.255 e. The summed E-state index contributed by atoms with van der Waals surface area (Å²) < 4.78 is 5.51. The number of carbonyl (C=O) groups excluding carboxylic acids is 1. The van der Waals surface area contributed by atoms with Crippen molar-refractivity contribution in [1.82, 2.24) is 10.1 Å². The average Bonchev–Trinajstić information content (AvgIpc) is 3.08. The first kappa shape index (κ1) is 18.2. The minimum Gasteiger partial charge on any atom is -0.356 e. The van der Waals surface area contributed by atoms with Crippen LogP contribution < -0.4 is 0 Å². The Bertz CT molecular complexity index is 933. The Morgan fingerprint density at radius 2 is 1.92 bits per heavy atom. The van der Waals surface area contributed by atoms with Crippen molar-refractivity contribution in [3.05, 3.63) is 75.9 Å². The van der Waals surface area contributed by atoms with Crippen molar-refractivity contribution in [2.24, 2.45) is 0 Å². The Morgan fingerprint density at radius 3 is 2.62 bits per heavy atom. The van der Waals surface area contributed by atoms with Crippen molar-refractivity contribution in [3.8, 4) is 11.3 Å². The number of carbonyl (C=O) groups is 1. The van der Waals surface area contributed by atoms with E-state index >= 15 is 0 Å². The molecule has 1 amide bonds. The number of halogens is 1. The summed E-state index contributed by atoms with van der Waals surface area (Å²) in [6.07, 6.45) is 0. The molecule has 0 N–H and O–H groups in total. The van der Waals surface area contributed by atoms with Gasteiger partial charge >= 0.3 is 0 Å². The van der Waals surface area contributed by atoms with Crippen molar-refractivity contribution in [1.29, 1.82) is 0 Å². The smallest absolute Gasteiger partial charge is 0.255 e. The molecule has 0 aliphatic heterocycles. The third-order valence-corrected chi connectivity index (χ3v) is 4.66. The molecule has 3 rings (SSSR count). The second-order valence-corrected chi connectivity index (χ2v) is 6.71. The molecule has 1 aromatic heterocycles. The van der Waals surface area contributed by atoms with Crippen LogP contribution in [0.4, 0.5) is 0 Å². The molecule has 26 heavy (non-hydrogen) atoms. The van der Waals surface area contributed by atoms with E-state index in [-0.39, 0.29) is 5.91 Å². The number of hydrogen-bond acceptors (Lipinski definition) is 3. The number of aryl methyl sites for hydroxylation is 2. The monoisotopic (exact) mass is 368 g/mol. The highest BCUT2D eigenvalue weighted by Crippen LogP contribution is 2.26. The van der Waals surface area contributed by atoms with Crippen molar-refractivity contribution >= 4 is 17.5 Å². The molecule has 0 fully saturated rings. The highest BCUT2D eigenvalue weighted by molar-refractivity contribution is 6.33. The van der Waals surface area contributed by atoms with E-state index < -0.39 is 0 Å².